The Morgan fingerprint density at radius 3 is 2.47 bits per heavy atom. The highest BCUT2D eigenvalue weighted by Crippen LogP contribution is 2.30. The Morgan fingerprint density at radius 2 is 1.68 bits per heavy atom. The molecule has 0 bridgehead atoms. The lowest BCUT2D eigenvalue weighted by Crippen LogP contribution is -1.92. The zero-order valence-electron chi connectivity index (χ0n) is 12.8. The molecule has 1 heteroatoms. The van der Waals surface area contributed by atoms with Crippen molar-refractivity contribution >= 4 is 0 Å². The highest BCUT2D eigenvalue weighted by atomic mass is 16.6. The van der Waals surface area contributed by atoms with Gasteiger partial charge in [-0.05, 0) is 32.1 Å². The maximum atomic E-state index is 5.70. The average molecular weight is 264 g/mol. The lowest BCUT2D eigenvalue weighted by molar-refractivity contribution is 0.358. The van der Waals surface area contributed by atoms with Crippen molar-refractivity contribution in [2.45, 2.75) is 89.8 Å². The van der Waals surface area contributed by atoms with Crippen molar-refractivity contribution < 1.29 is 4.74 Å². The van der Waals surface area contributed by atoms with Crippen molar-refractivity contribution in [3.8, 4) is 0 Å². The Bertz CT molecular complexity index is 244. The van der Waals surface area contributed by atoms with E-state index in [0.29, 0.717) is 12.2 Å². The van der Waals surface area contributed by atoms with Gasteiger partial charge in [0.25, 0.3) is 0 Å². The van der Waals surface area contributed by atoms with E-state index in [0.717, 1.165) is 12.8 Å². The molecule has 0 radical (unpaired) electrons. The van der Waals surface area contributed by atoms with Crippen LogP contribution in [0, 0.1) is 0 Å². The summed E-state index contributed by atoms with van der Waals surface area (Å²) in [6.45, 7) is 6.01. The van der Waals surface area contributed by atoms with Crippen LogP contribution in [0.15, 0.2) is 24.8 Å². The summed E-state index contributed by atoms with van der Waals surface area (Å²) in [6.07, 6.45) is 22.0. The summed E-state index contributed by atoms with van der Waals surface area (Å²) < 4.78 is 5.70. The summed E-state index contributed by atoms with van der Waals surface area (Å²) in [5, 5.41) is 0. The van der Waals surface area contributed by atoms with E-state index >= 15 is 0 Å². The van der Waals surface area contributed by atoms with E-state index in [1.165, 1.54) is 57.8 Å². The standard InChI is InChI=1S/C18H32O/c1-3-5-7-9-11-13-15-17-18(19-17)16-14-12-10-8-6-4-2/h3,11,13,17-18H,1,4-10,12,14-16H2,2H3. The van der Waals surface area contributed by atoms with Crippen molar-refractivity contribution in [1.29, 1.82) is 0 Å². The Kier molecular flexibility index (Phi) is 9.79. The summed E-state index contributed by atoms with van der Waals surface area (Å²) in [7, 11) is 0. The maximum Gasteiger partial charge on any atom is 0.0876 e. The average Bonchev–Trinajstić information content (AvgIpc) is 3.16. The van der Waals surface area contributed by atoms with Gasteiger partial charge in [-0.15, -0.1) is 6.58 Å². The van der Waals surface area contributed by atoms with Crippen LogP contribution in [-0.2, 0) is 4.74 Å². The van der Waals surface area contributed by atoms with Crippen molar-refractivity contribution in [2.75, 3.05) is 0 Å². The van der Waals surface area contributed by atoms with Crippen LogP contribution in [0.3, 0.4) is 0 Å². The number of rotatable bonds is 13. The molecule has 0 amide bonds. The predicted molar refractivity (Wildman–Crippen MR) is 84.5 cm³/mol. The van der Waals surface area contributed by atoms with Crippen molar-refractivity contribution in [3.05, 3.63) is 24.8 Å². The van der Waals surface area contributed by atoms with Crippen LogP contribution < -0.4 is 0 Å². The van der Waals surface area contributed by atoms with Crippen molar-refractivity contribution in [1.82, 2.24) is 0 Å². The molecule has 1 aliphatic rings. The molecular weight excluding hydrogens is 232 g/mol. The van der Waals surface area contributed by atoms with Crippen LogP contribution in [0.25, 0.3) is 0 Å². The molecule has 110 valence electrons. The van der Waals surface area contributed by atoms with Crippen molar-refractivity contribution in [3.63, 3.8) is 0 Å². The Balaban J connectivity index is 1.84. The SMILES string of the molecule is C=CCCCC=CCC1OC1CCCCCCCC. The van der Waals surface area contributed by atoms with E-state index in [1.807, 2.05) is 6.08 Å². The number of hydrogen-bond acceptors (Lipinski definition) is 1. The first kappa shape index (κ1) is 16.5. The highest BCUT2D eigenvalue weighted by Gasteiger charge is 2.36. The van der Waals surface area contributed by atoms with Crippen LogP contribution in [-0.4, -0.2) is 12.2 Å². The van der Waals surface area contributed by atoms with Gasteiger partial charge < -0.3 is 4.74 Å². The van der Waals surface area contributed by atoms with E-state index in [2.05, 4.69) is 25.7 Å². The number of unbranched alkanes of at least 4 members (excludes halogenated alkanes) is 7. The monoisotopic (exact) mass is 264 g/mol. The fraction of sp³-hybridized carbons (Fsp3) is 0.778. The van der Waals surface area contributed by atoms with Gasteiger partial charge in [0.1, 0.15) is 0 Å². The third-order valence-electron chi connectivity index (χ3n) is 3.84. The van der Waals surface area contributed by atoms with E-state index in [-0.39, 0.29) is 0 Å². The van der Waals surface area contributed by atoms with Crippen LogP contribution in [0.5, 0.6) is 0 Å². The van der Waals surface area contributed by atoms with E-state index in [1.54, 1.807) is 0 Å². The molecule has 1 saturated heterocycles. The first-order chi connectivity index (χ1) is 9.38. The molecule has 1 nitrogen and oxygen atoms in total. The van der Waals surface area contributed by atoms with Crippen LogP contribution in [0.4, 0.5) is 0 Å². The molecule has 2 atom stereocenters. The Hall–Kier alpha value is -0.560. The highest BCUT2D eigenvalue weighted by molar-refractivity contribution is 4.93. The minimum absolute atomic E-state index is 0.534. The van der Waals surface area contributed by atoms with Crippen LogP contribution >= 0.6 is 0 Å². The molecule has 0 aromatic carbocycles. The smallest absolute Gasteiger partial charge is 0.0876 e. The summed E-state index contributed by atoms with van der Waals surface area (Å²) in [5.41, 5.74) is 0. The lowest BCUT2D eigenvalue weighted by atomic mass is 10.1. The van der Waals surface area contributed by atoms with Gasteiger partial charge in [0.2, 0.25) is 0 Å². The molecular formula is C18H32O. The summed E-state index contributed by atoms with van der Waals surface area (Å²) >= 11 is 0. The van der Waals surface area contributed by atoms with Gasteiger partial charge in [0, 0.05) is 0 Å². The second-order valence-corrected chi connectivity index (χ2v) is 5.70. The lowest BCUT2D eigenvalue weighted by Gasteiger charge is -1.98. The molecule has 1 rings (SSSR count). The predicted octanol–water partition coefficient (Wildman–Crippen LogP) is 5.81. The van der Waals surface area contributed by atoms with E-state index in [4.69, 9.17) is 4.74 Å². The number of hydrogen-bond donors (Lipinski definition) is 0. The number of epoxide rings is 1. The van der Waals surface area contributed by atoms with Gasteiger partial charge in [0.15, 0.2) is 0 Å². The van der Waals surface area contributed by atoms with Crippen LogP contribution in [0.1, 0.15) is 77.6 Å². The zero-order valence-corrected chi connectivity index (χ0v) is 12.8. The van der Waals surface area contributed by atoms with Gasteiger partial charge in [-0.25, -0.2) is 0 Å². The molecule has 1 aliphatic heterocycles. The third kappa shape index (κ3) is 9.04. The van der Waals surface area contributed by atoms with E-state index in [9.17, 15) is 0 Å². The quantitative estimate of drug-likeness (QED) is 0.232. The minimum atomic E-state index is 0.534. The summed E-state index contributed by atoms with van der Waals surface area (Å²) in [6, 6.07) is 0. The molecule has 0 N–H and O–H groups in total. The molecule has 19 heavy (non-hydrogen) atoms. The van der Waals surface area contributed by atoms with Gasteiger partial charge in [-0.1, -0.05) is 63.7 Å². The third-order valence-corrected chi connectivity index (χ3v) is 3.84. The Labute approximate surface area is 120 Å². The minimum Gasteiger partial charge on any atom is -0.369 e. The number of ether oxygens (including phenoxy) is 1. The van der Waals surface area contributed by atoms with Gasteiger partial charge >= 0.3 is 0 Å². The second-order valence-electron chi connectivity index (χ2n) is 5.70. The molecule has 1 heterocycles. The normalized spacial score (nSPS) is 21.9. The first-order valence-electron chi connectivity index (χ1n) is 8.29. The largest absolute Gasteiger partial charge is 0.369 e. The zero-order chi connectivity index (χ0) is 13.8. The summed E-state index contributed by atoms with van der Waals surface area (Å²) in [5.74, 6) is 0. The molecule has 0 aromatic heterocycles. The van der Waals surface area contributed by atoms with Crippen LogP contribution in [0.2, 0.25) is 0 Å². The molecule has 0 saturated carbocycles. The second kappa shape index (κ2) is 11.3. The van der Waals surface area contributed by atoms with E-state index < -0.39 is 0 Å². The topological polar surface area (TPSA) is 12.5 Å². The van der Waals surface area contributed by atoms with Crippen molar-refractivity contribution in [2.24, 2.45) is 0 Å². The summed E-state index contributed by atoms with van der Waals surface area (Å²) in [4.78, 5) is 0. The van der Waals surface area contributed by atoms with Gasteiger partial charge in [-0.3, -0.25) is 0 Å². The fourth-order valence-corrected chi connectivity index (χ4v) is 2.49. The van der Waals surface area contributed by atoms with Gasteiger partial charge in [-0.2, -0.15) is 0 Å². The van der Waals surface area contributed by atoms with Gasteiger partial charge in [0.05, 0.1) is 12.2 Å². The molecule has 2 unspecified atom stereocenters. The fourth-order valence-electron chi connectivity index (χ4n) is 2.49. The Morgan fingerprint density at radius 1 is 0.895 bits per heavy atom. The molecule has 0 aromatic rings. The first-order valence-corrected chi connectivity index (χ1v) is 8.29. The molecule has 0 spiro atoms. The molecule has 1 fully saturated rings. The molecule has 0 aliphatic carbocycles. The maximum absolute atomic E-state index is 5.70. The number of allylic oxidation sites excluding steroid dienone is 2.